The molecule has 1 N–H and O–H groups in total. The molecule has 0 unspecified atom stereocenters. The second-order valence-electron chi connectivity index (χ2n) is 7.72. The highest BCUT2D eigenvalue weighted by Crippen LogP contribution is 2.43. The SMILES string of the molecule is O=C(NCc1ccccc1-c1ccc(Cn2cccn2)cc1)c1sccc1C1CC1. The number of nitrogens with one attached hydrogen (secondary N) is 1. The van der Waals surface area contributed by atoms with Crippen LogP contribution in [0.4, 0.5) is 0 Å². The number of hydrogen-bond acceptors (Lipinski definition) is 3. The lowest BCUT2D eigenvalue weighted by Crippen LogP contribution is -2.23. The molecule has 0 saturated heterocycles. The molecule has 1 saturated carbocycles. The third kappa shape index (κ3) is 4.07. The zero-order valence-corrected chi connectivity index (χ0v) is 17.4. The first kappa shape index (κ1) is 18.8. The van der Waals surface area contributed by atoms with Gasteiger partial charge in [0.25, 0.3) is 5.91 Å². The van der Waals surface area contributed by atoms with Crippen molar-refractivity contribution < 1.29 is 4.79 Å². The molecule has 0 radical (unpaired) electrons. The van der Waals surface area contributed by atoms with Crippen molar-refractivity contribution in [3.05, 3.63) is 100 Å². The second kappa shape index (κ2) is 8.28. The number of amides is 1. The number of hydrogen-bond donors (Lipinski definition) is 1. The van der Waals surface area contributed by atoms with Crippen molar-refractivity contribution in [1.82, 2.24) is 15.1 Å². The molecule has 1 aliphatic carbocycles. The van der Waals surface area contributed by atoms with Crippen LogP contribution < -0.4 is 5.32 Å². The number of thiophene rings is 1. The van der Waals surface area contributed by atoms with Crippen LogP contribution in [0.25, 0.3) is 11.1 Å². The molecule has 0 bridgehead atoms. The lowest BCUT2D eigenvalue weighted by atomic mass is 9.98. The highest BCUT2D eigenvalue weighted by atomic mass is 32.1. The van der Waals surface area contributed by atoms with Crippen LogP contribution in [0.1, 0.15) is 45.1 Å². The van der Waals surface area contributed by atoms with E-state index in [9.17, 15) is 4.79 Å². The minimum absolute atomic E-state index is 0.0382. The maximum Gasteiger partial charge on any atom is 0.261 e. The molecule has 0 spiro atoms. The Morgan fingerprint density at radius 1 is 1.07 bits per heavy atom. The lowest BCUT2D eigenvalue weighted by molar-refractivity contribution is 0.0954. The van der Waals surface area contributed by atoms with Crippen molar-refractivity contribution >= 4 is 17.2 Å². The van der Waals surface area contributed by atoms with E-state index in [2.05, 4.69) is 52.9 Å². The van der Waals surface area contributed by atoms with Gasteiger partial charge in [-0.3, -0.25) is 9.48 Å². The van der Waals surface area contributed by atoms with Crippen molar-refractivity contribution in [2.45, 2.75) is 31.8 Å². The van der Waals surface area contributed by atoms with Gasteiger partial charge in [0.15, 0.2) is 0 Å². The van der Waals surface area contributed by atoms with Gasteiger partial charge in [-0.15, -0.1) is 11.3 Å². The Morgan fingerprint density at radius 2 is 1.90 bits per heavy atom. The van der Waals surface area contributed by atoms with Crippen LogP contribution in [0.5, 0.6) is 0 Å². The quantitative estimate of drug-likeness (QED) is 0.437. The molecule has 4 aromatic rings. The molecule has 5 heteroatoms. The summed E-state index contributed by atoms with van der Waals surface area (Å²) in [5.74, 6) is 0.626. The van der Waals surface area contributed by atoms with E-state index in [1.54, 1.807) is 17.5 Å². The van der Waals surface area contributed by atoms with Gasteiger partial charge in [-0.25, -0.2) is 0 Å². The van der Waals surface area contributed by atoms with Gasteiger partial charge in [0.05, 0.1) is 11.4 Å². The Balaban J connectivity index is 1.30. The van der Waals surface area contributed by atoms with Gasteiger partial charge in [-0.05, 0) is 64.1 Å². The summed E-state index contributed by atoms with van der Waals surface area (Å²) in [6, 6.07) is 20.9. The van der Waals surface area contributed by atoms with E-state index < -0.39 is 0 Å². The minimum atomic E-state index is 0.0382. The Morgan fingerprint density at radius 3 is 2.67 bits per heavy atom. The number of carbonyl (C=O) groups is 1. The van der Waals surface area contributed by atoms with E-state index in [0.29, 0.717) is 12.5 Å². The number of nitrogens with zero attached hydrogens (tertiary/aromatic N) is 2. The summed E-state index contributed by atoms with van der Waals surface area (Å²) in [7, 11) is 0. The summed E-state index contributed by atoms with van der Waals surface area (Å²) in [6.07, 6.45) is 6.17. The fourth-order valence-corrected chi connectivity index (χ4v) is 4.70. The molecule has 5 rings (SSSR count). The average Bonchev–Trinajstić information content (AvgIpc) is 3.27. The summed E-state index contributed by atoms with van der Waals surface area (Å²) in [4.78, 5) is 13.6. The van der Waals surface area contributed by atoms with Gasteiger partial charge >= 0.3 is 0 Å². The number of aromatic nitrogens is 2. The van der Waals surface area contributed by atoms with Gasteiger partial charge in [0, 0.05) is 18.9 Å². The summed E-state index contributed by atoms with van der Waals surface area (Å²) in [5, 5.41) is 9.43. The number of carbonyl (C=O) groups excluding carboxylic acids is 1. The third-order valence-corrected chi connectivity index (χ3v) is 6.47. The summed E-state index contributed by atoms with van der Waals surface area (Å²) < 4.78 is 1.92. The highest BCUT2D eigenvalue weighted by Gasteiger charge is 2.28. The van der Waals surface area contributed by atoms with Gasteiger partial charge in [0.2, 0.25) is 0 Å². The van der Waals surface area contributed by atoms with Crippen molar-refractivity contribution in [3.63, 3.8) is 0 Å². The van der Waals surface area contributed by atoms with Gasteiger partial charge < -0.3 is 5.32 Å². The van der Waals surface area contributed by atoms with Crippen LogP contribution in [-0.2, 0) is 13.1 Å². The molecule has 1 amide bonds. The third-order valence-electron chi connectivity index (χ3n) is 5.54. The number of benzene rings is 2. The van der Waals surface area contributed by atoms with E-state index in [1.165, 1.54) is 24.0 Å². The van der Waals surface area contributed by atoms with Crippen LogP contribution in [-0.4, -0.2) is 15.7 Å². The molecular weight excluding hydrogens is 390 g/mol. The molecule has 150 valence electrons. The molecular formula is C25H23N3OS. The van der Waals surface area contributed by atoms with Gasteiger partial charge in [0.1, 0.15) is 0 Å². The molecule has 2 aromatic heterocycles. The van der Waals surface area contributed by atoms with Crippen LogP contribution >= 0.6 is 11.3 Å². The van der Waals surface area contributed by atoms with Crippen molar-refractivity contribution in [1.29, 1.82) is 0 Å². The van der Waals surface area contributed by atoms with E-state index in [0.717, 1.165) is 28.1 Å². The fraction of sp³-hybridized carbons (Fsp3) is 0.200. The zero-order valence-electron chi connectivity index (χ0n) is 16.6. The molecule has 1 fully saturated rings. The smallest absolute Gasteiger partial charge is 0.261 e. The largest absolute Gasteiger partial charge is 0.347 e. The first-order valence-electron chi connectivity index (χ1n) is 10.3. The van der Waals surface area contributed by atoms with E-state index in [-0.39, 0.29) is 5.91 Å². The molecule has 0 atom stereocenters. The maximum absolute atomic E-state index is 12.8. The monoisotopic (exact) mass is 413 g/mol. The first-order chi connectivity index (χ1) is 14.8. The second-order valence-corrected chi connectivity index (χ2v) is 8.64. The summed E-state index contributed by atoms with van der Waals surface area (Å²) in [5.41, 5.74) is 5.85. The van der Waals surface area contributed by atoms with Crippen LogP contribution in [0.15, 0.2) is 78.4 Å². The molecule has 2 aromatic carbocycles. The predicted octanol–water partition coefficient (Wildman–Crippen LogP) is 5.47. The molecule has 0 aliphatic heterocycles. The Hall–Kier alpha value is -3.18. The first-order valence-corrected chi connectivity index (χ1v) is 11.2. The van der Waals surface area contributed by atoms with Crippen LogP contribution in [0.3, 0.4) is 0 Å². The Bertz CT molecular complexity index is 1140. The average molecular weight is 414 g/mol. The van der Waals surface area contributed by atoms with Crippen molar-refractivity contribution in [2.24, 2.45) is 0 Å². The van der Waals surface area contributed by atoms with Gasteiger partial charge in [-0.2, -0.15) is 5.10 Å². The van der Waals surface area contributed by atoms with Crippen LogP contribution in [0.2, 0.25) is 0 Å². The summed E-state index contributed by atoms with van der Waals surface area (Å²) in [6.45, 7) is 1.28. The van der Waals surface area contributed by atoms with E-state index in [1.807, 2.05) is 34.5 Å². The minimum Gasteiger partial charge on any atom is -0.347 e. The fourth-order valence-electron chi connectivity index (χ4n) is 3.80. The van der Waals surface area contributed by atoms with Crippen molar-refractivity contribution in [2.75, 3.05) is 0 Å². The molecule has 4 nitrogen and oxygen atoms in total. The Kier molecular flexibility index (Phi) is 5.20. The van der Waals surface area contributed by atoms with Crippen molar-refractivity contribution in [3.8, 4) is 11.1 Å². The molecule has 1 aliphatic rings. The number of rotatable bonds is 7. The maximum atomic E-state index is 12.8. The van der Waals surface area contributed by atoms with E-state index in [4.69, 9.17) is 0 Å². The Labute approximate surface area is 180 Å². The highest BCUT2D eigenvalue weighted by molar-refractivity contribution is 7.12. The standard InChI is InChI=1S/C25H23N3OS/c29-25(24-23(12-15-30-24)20-10-11-20)26-16-21-4-1-2-5-22(21)19-8-6-18(7-9-19)17-28-14-3-13-27-28/h1-9,12-15,20H,10-11,16-17H2,(H,26,29). The lowest BCUT2D eigenvalue weighted by Gasteiger charge is -2.12. The topological polar surface area (TPSA) is 46.9 Å². The summed E-state index contributed by atoms with van der Waals surface area (Å²) >= 11 is 1.55. The normalized spacial score (nSPS) is 13.3. The predicted molar refractivity (Wildman–Crippen MR) is 121 cm³/mol. The zero-order chi connectivity index (χ0) is 20.3. The molecule has 30 heavy (non-hydrogen) atoms. The van der Waals surface area contributed by atoms with Gasteiger partial charge in [-0.1, -0.05) is 48.5 Å². The van der Waals surface area contributed by atoms with Crippen LogP contribution in [0, 0.1) is 0 Å². The van der Waals surface area contributed by atoms with E-state index >= 15 is 0 Å². The molecule has 2 heterocycles.